The van der Waals surface area contributed by atoms with E-state index in [-0.39, 0.29) is 27.3 Å². The van der Waals surface area contributed by atoms with Gasteiger partial charge in [-0.05, 0) is 38.1 Å². The Morgan fingerprint density at radius 3 is 2.78 bits per heavy atom. The summed E-state index contributed by atoms with van der Waals surface area (Å²) in [6.45, 7) is 4.07. The Morgan fingerprint density at radius 1 is 1.37 bits per heavy atom. The van der Waals surface area contributed by atoms with Crippen LogP contribution in [0.3, 0.4) is 0 Å². The van der Waals surface area contributed by atoms with Gasteiger partial charge in [-0.2, -0.15) is 0 Å². The molecule has 3 rings (SSSR count). The molecule has 2 N–H and O–H groups in total. The summed E-state index contributed by atoms with van der Waals surface area (Å²) in [4.78, 5) is 11.0. The molecular weight excluding hydrogens is 394 g/mol. The summed E-state index contributed by atoms with van der Waals surface area (Å²) < 4.78 is 39.2. The largest absolute Gasteiger partial charge is 0.492 e. The van der Waals surface area contributed by atoms with Crippen LogP contribution in [0.15, 0.2) is 35.2 Å². The molecule has 9 heteroatoms. The number of anilines is 1. The van der Waals surface area contributed by atoms with Crippen LogP contribution in [0.5, 0.6) is 11.5 Å². The maximum absolute atomic E-state index is 12.8. The first-order chi connectivity index (χ1) is 12.7. The number of ether oxygens (including phenoxy) is 2. The predicted octanol–water partition coefficient (Wildman–Crippen LogP) is 3.56. The van der Waals surface area contributed by atoms with Gasteiger partial charge >= 0.3 is 5.97 Å². The van der Waals surface area contributed by atoms with E-state index in [1.165, 1.54) is 12.1 Å². The number of carbonyl (C=O) groups is 1. The number of halogens is 1. The van der Waals surface area contributed by atoms with E-state index >= 15 is 0 Å². The maximum atomic E-state index is 12.8. The first-order valence-corrected chi connectivity index (χ1v) is 10.1. The number of carboxylic acids is 1. The number of sulfonamides is 1. The lowest BCUT2D eigenvalue weighted by Crippen LogP contribution is -2.15. The third-order valence-corrected chi connectivity index (χ3v) is 5.71. The van der Waals surface area contributed by atoms with E-state index in [0.717, 1.165) is 11.6 Å². The Balaban J connectivity index is 2.00. The number of rotatable bonds is 6. The Morgan fingerprint density at radius 2 is 2.11 bits per heavy atom. The molecule has 1 aliphatic heterocycles. The second kappa shape index (κ2) is 7.28. The van der Waals surface area contributed by atoms with Gasteiger partial charge in [0.2, 0.25) is 0 Å². The predicted molar refractivity (Wildman–Crippen MR) is 101 cm³/mol. The average Bonchev–Trinajstić information content (AvgIpc) is 2.94. The third kappa shape index (κ3) is 3.96. The zero-order valence-electron chi connectivity index (χ0n) is 14.7. The Kier molecular flexibility index (Phi) is 5.21. The van der Waals surface area contributed by atoms with Gasteiger partial charge in [-0.15, -0.1) is 0 Å². The molecule has 0 saturated carbocycles. The van der Waals surface area contributed by atoms with E-state index in [2.05, 4.69) is 4.72 Å². The Labute approximate surface area is 161 Å². The van der Waals surface area contributed by atoms with E-state index in [1.54, 1.807) is 19.1 Å². The second-order valence-corrected chi connectivity index (χ2v) is 8.16. The summed E-state index contributed by atoms with van der Waals surface area (Å²) in [6.07, 6.45) is 0.706. The summed E-state index contributed by atoms with van der Waals surface area (Å²) in [5, 5.41) is 9.11. The Hall–Kier alpha value is -2.45. The van der Waals surface area contributed by atoms with Gasteiger partial charge in [0, 0.05) is 18.1 Å². The van der Waals surface area contributed by atoms with Crippen molar-refractivity contribution in [3.63, 3.8) is 0 Å². The minimum Gasteiger partial charge on any atom is -0.492 e. The normalized spacial score (nSPS) is 15.7. The number of hydrogen-bond acceptors (Lipinski definition) is 5. The lowest BCUT2D eigenvalue weighted by Gasteiger charge is -2.15. The molecule has 1 aliphatic rings. The molecule has 0 unspecified atom stereocenters. The van der Waals surface area contributed by atoms with Gasteiger partial charge in [-0.25, -0.2) is 13.2 Å². The smallest absolute Gasteiger partial charge is 0.337 e. The van der Waals surface area contributed by atoms with Crippen molar-refractivity contribution in [3.05, 3.63) is 46.5 Å². The van der Waals surface area contributed by atoms with Gasteiger partial charge in [-0.3, -0.25) is 4.72 Å². The SMILES string of the molecule is CCOc1cc2c(cc1NS(=O)(=O)c1ccc(Cl)c(C(=O)O)c1)O[C@@H](C)C2. The zero-order chi connectivity index (χ0) is 19.8. The fourth-order valence-electron chi connectivity index (χ4n) is 2.83. The molecule has 0 saturated heterocycles. The number of hydrogen-bond donors (Lipinski definition) is 2. The quantitative estimate of drug-likeness (QED) is 0.753. The van der Waals surface area contributed by atoms with Crippen molar-refractivity contribution in [1.29, 1.82) is 0 Å². The molecule has 7 nitrogen and oxygen atoms in total. The molecule has 27 heavy (non-hydrogen) atoms. The number of fused-ring (bicyclic) bond motifs is 1. The first-order valence-electron chi connectivity index (χ1n) is 8.23. The zero-order valence-corrected chi connectivity index (χ0v) is 16.2. The fourth-order valence-corrected chi connectivity index (χ4v) is 4.12. The van der Waals surface area contributed by atoms with Crippen LogP contribution in [0, 0.1) is 0 Å². The van der Waals surface area contributed by atoms with E-state index in [1.807, 2.05) is 6.92 Å². The van der Waals surface area contributed by atoms with Crippen LogP contribution in [0.4, 0.5) is 5.69 Å². The lowest BCUT2D eigenvalue weighted by atomic mass is 10.1. The molecule has 144 valence electrons. The number of benzene rings is 2. The van der Waals surface area contributed by atoms with Crippen LogP contribution in [0.2, 0.25) is 5.02 Å². The van der Waals surface area contributed by atoms with Crippen LogP contribution < -0.4 is 14.2 Å². The van der Waals surface area contributed by atoms with Crippen LogP contribution in [0.1, 0.15) is 29.8 Å². The van der Waals surface area contributed by atoms with E-state index in [4.69, 9.17) is 26.2 Å². The molecule has 0 amide bonds. The van der Waals surface area contributed by atoms with Crippen LogP contribution in [-0.2, 0) is 16.4 Å². The molecular formula is C18H18ClNO6S. The average molecular weight is 412 g/mol. The van der Waals surface area contributed by atoms with E-state index < -0.39 is 16.0 Å². The summed E-state index contributed by atoms with van der Waals surface area (Å²) in [5.41, 5.74) is 0.862. The lowest BCUT2D eigenvalue weighted by molar-refractivity contribution is 0.0697. The maximum Gasteiger partial charge on any atom is 0.337 e. The second-order valence-electron chi connectivity index (χ2n) is 6.07. The topological polar surface area (TPSA) is 102 Å². The van der Waals surface area contributed by atoms with Crippen molar-refractivity contribution in [3.8, 4) is 11.5 Å². The molecule has 0 aliphatic carbocycles. The van der Waals surface area contributed by atoms with Crippen LogP contribution in [-0.4, -0.2) is 32.2 Å². The highest BCUT2D eigenvalue weighted by Gasteiger charge is 2.25. The first kappa shape index (κ1) is 19.3. The van der Waals surface area contributed by atoms with Crippen LogP contribution >= 0.6 is 11.6 Å². The molecule has 2 aromatic rings. The van der Waals surface area contributed by atoms with Gasteiger partial charge in [0.25, 0.3) is 10.0 Å². The molecule has 0 radical (unpaired) electrons. The number of nitrogens with one attached hydrogen (secondary N) is 1. The van der Waals surface area contributed by atoms with Crippen molar-refractivity contribution in [1.82, 2.24) is 0 Å². The van der Waals surface area contributed by atoms with Crippen molar-refractivity contribution >= 4 is 33.3 Å². The van der Waals surface area contributed by atoms with Gasteiger partial charge in [0.05, 0.1) is 27.8 Å². The highest BCUT2D eigenvalue weighted by Crippen LogP contribution is 2.39. The van der Waals surface area contributed by atoms with Crippen molar-refractivity contribution in [2.75, 3.05) is 11.3 Å². The van der Waals surface area contributed by atoms with Crippen LogP contribution in [0.25, 0.3) is 0 Å². The van der Waals surface area contributed by atoms with Crippen molar-refractivity contribution in [2.24, 2.45) is 0 Å². The van der Waals surface area contributed by atoms with Gasteiger partial charge in [0.1, 0.15) is 17.6 Å². The molecule has 1 heterocycles. The summed E-state index contributed by atoms with van der Waals surface area (Å²) in [6, 6.07) is 6.82. The summed E-state index contributed by atoms with van der Waals surface area (Å²) in [5.74, 6) is -0.345. The highest BCUT2D eigenvalue weighted by atomic mass is 35.5. The van der Waals surface area contributed by atoms with Crippen molar-refractivity contribution in [2.45, 2.75) is 31.3 Å². The van der Waals surface area contributed by atoms with Gasteiger partial charge in [0.15, 0.2) is 0 Å². The minimum absolute atomic E-state index is 0.00396. The highest BCUT2D eigenvalue weighted by molar-refractivity contribution is 7.92. The molecule has 0 spiro atoms. The fraction of sp³-hybridized carbons (Fsp3) is 0.278. The van der Waals surface area contributed by atoms with Crippen molar-refractivity contribution < 1.29 is 27.8 Å². The monoisotopic (exact) mass is 411 g/mol. The standard InChI is InChI=1S/C18H18ClNO6S/c1-3-25-17-7-11-6-10(2)26-16(11)9-15(17)20-27(23,24)12-4-5-14(19)13(8-12)18(21)22/h4-5,7-10,20H,3,6H2,1-2H3,(H,21,22)/t10-/m0/s1. The molecule has 0 fully saturated rings. The van der Waals surface area contributed by atoms with Gasteiger partial charge < -0.3 is 14.6 Å². The van der Waals surface area contributed by atoms with E-state index in [0.29, 0.717) is 24.5 Å². The molecule has 0 aromatic heterocycles. The third-order valence-electron chi connectivity index (χ3n) is 4.02. The van der Waals surface area contributed by atoms with Gasteiger partial charge in [-0.1, -0.05) is 11.6 Å². The Bertz CT molecular complexity index is 1010. The van der Waals surface area contributed by atoms with E-state index in [9.17, 15) is 13.2 Å². The number of carboxylic acid groups (broad SMARTS) is 1. The summed E-state index contributed by atoms with van der Waals surface area (Å²) in [7, 11) is -4.07. The summed E-state index contributed by atoms with van der Waals surface area (Å²) >= 11 is 5.81. The number of aromatic carboxylic acids is 1. The minimum atomic E-state index is -4.07. The molecule has 2 aromatic carbocycles. The molecule has 0 bridgehead atoms. The molecule has 1 atom stereocenters.